The monoisotopic (exact) mass is 455 g/mol. The van der Waals surface area contributed by atoms with Crippen molar-refractivity contribution < 1.29 is 17.6 Å². The lowest BCUT2D eigenvalue weighted by Crippen LogP contribution is -2.52. The highest BCUT2D eigenvalue weighted by Crippen LogP contribution is 2.25. The summed E-state index contributed by atoms with van der Waals surface area (Å²) in [6, 6.07) is 16.3. The van der Waals surface area contributed by atoms with Crippen LogP contribution in [0.1, 0.15) is 22.5 Å². The maximum Gasteiger partial charge on any atom is 0.270 e. The van der Waals surface area contributed by atoms with Crippen LogP contribution in [0, 0.1) is 5.82 Å². The van der Waals surface area contributed by atoms with Gasteiger partial charge in [-0.1, -0.05) is 36.4 Å². The summed E-state index contributed by atoms with van der Waals surface area (Å²) in [6.45, 7) is 2.72. The molecule has 2 aliphatic heterocycles. The molecular formula is C24H26FN3O3S. The number of para-hydroxylation sites is 1. The van der Waals surface area contributed by atoms with Crippen molar-refractivity contribution in [2.45, 2.75) is 19.0 Å². The zero-order valence-electron chi connectivity index (χ0n) is 17.8. The number of hydrogen-bond donors (Lipinski definition) is 0. The van der Waals surface area contributed by atoms with Crippen LogP contribution in [0.3, 0.4) is 0 Å². The summed E-state index contributed by atoms with van der Waals surface area (Å²) in [4.78, 5) is 17.5. The van der Waals surface area contributed by atoms with Crippen molar-refractivity contribution in [3.05, 3.63) is 71.7 Å². The van der Waals surface area contributed by atoms with Crippen LogP contribution in [0.25, 0.3) is 10.9 Å². The van der Waals surface area contributed by atoms with Crippen molar-refractivity contribution >= 4 is 26.6 Å². The van der Waals surface area contributed by atoms with E-state index >= 15 is 0 Å². The summed E-state index contributed by atoms with van der Waals surface area (Å²) in [5.74, 6) is 0.116. The second-order valence-electron chi connectivity index (χ2n) is 8.65. The molecule has 1 amide bonds. The van der Waals surface area contributed by atoms with E-state index in [-0.39, 0.29) is 35.8 Å². The van der Waals surface area contributed by atoms with Gasteiger partial charge in [0.2, 0.25) is 0 Å². The molecule has 2 aliphatic rings. The fourth-order valence-corrected chi connectivity index (χ4v) is 6.63. The average molecular weight is 456 g/mol. The number of sulfone groups is 1. The molecule has 1 aromatic heterocycles. The van der Waals surface area contributed by atoms with Gasteiger partial charge in [0.1, 0.15) is 11.5 Å². The van der Waals surface area contributed by atoms with Gasteiger partial charge < -0.3 is 9.47 Å². The third-order valence-corrected chi connectivity index (χ3v) is 8.39. The van der Waals surface area contributed by atoms with Crippen molar-refractivity contribution in [2.75, 3.05) is 37.7 Å². The van der Waals surface area contributed by atoms with E-state index in [1.54, 1.807) is 18.2 Å². The maximum atomic E-state index is 14.4. The molecule has 0 bridgehead atoms. The summed E-state index contributed by atoms with van der Waals surface area (Å²) >= 11 is 0. The van der Waals surface area contributed by atoms with E-state index in [4.69, 9.17) is 0 Å². The molecule has 0 radical (unpaired) electrons. The predicted octanol–water partition coefficient (Wildman–Crippen LogP) is 2.77. The third kappa shape index (κ3) is 4.04. The highest BCUT2D eigenvalue weighted by atomic mass is 32.2. The Hall–Kier alpha value is -2.71. The number of nitrogens with zero attached hydrogens (tertiary/aromatic N) is 3. The normalized spacial score (nSPS) is 21.3. The lowest BCUT2D eigenvalue weighted by molar-refractivity contribution is 0.0578. The van der Waals surface area contributed by atoms with Gasteiger partial charge in [-0.2, -0.15) is 0 Å². The minimum Gasteiger partial charge on any atom is -0.335 e. The lowest BCUT2D eigenvalue weighted by atomic mass is 10.2. The van der Waals surface area contributed by atoms with E-state index in [0.29, 0.717) is 43.9 Å². The summed E-state index contributed by atoms with van der Waals surface area (Å²) in [5, 5.41) is 0.946. The Kier molecular flexibility index (Phi) is 5.51. The largest absolute Gasteiger partial charge is 0.335 e. The summed E-state index contributed by atoms with van der Waals surface area (Å²) in [6.07, 6.45) is 0.674. The van der Waals surface area contributed by atoms with Crippen LogP contribution in [0.15, 0.2) is 54.6 Å². The molecule has 0 saturated carbocycles. The lowest BCUT2D eigenvalue weighted by Gasteiger charge is -2.37. The number of halogens is 1. The number of rotatable bonds is 4. The third-order valence-electron chi connectivity index (χ3n) is 6.64. The first-order valence-corrected chi connectivity index (χ1v) is 12.8. The van der Waals surface area contributed by atoms with Crippen molar-refractivity contribution in [1.82, 2.24) is 14.4 Å². The molecule has 1 unspecified atom stereocenters. The zero-order chi connectivity index (χ0) is 22.3. The van der Waals surface area contributed by atoms with Crippen molar-refractivity contribution in [3.63, 3.8) is 0 Å². The van der Waals surface area contributed by atoms with Crippen LogP contribution in [0.5, 0.6) is 0 Å². The van der Waals surface area contributed by atoms with Gasteiger partial charge in [0.25, 0.3) is 5.91 Å². The molecule has 32 heavy (non-hydrogen) atoms. The summed E-state index contributed by atoms with van der Waals surface area (Å²) < 4.78 is 39.9. The number of hydrogen-bond acceptors (Lipinski definition) is 4. The van der Waals surface area contributed by atoms with Gasteiger partial charge in [0.15, 0.2) is 9.84 Å². The van der Waals surface area contributed by atoms with E-state index < -0.39 is 9.84 Å². The van der Waals surface area contributed by atoms with E-state index in [1.165, 1.54) is 6.07 Å². The molecular weight excluding hydrogens is 429 g/mol. The summed E-state index contributed by atoms with van der Waals surface area (Å²) in [7, 11) is -2.93. The van der Waals surface area contributed by atoms with Gasteiger partial charge in [0, 0.05) is 48.7 Å². The first-order valence-electron chi connectivity index (χ1n) is 11.0. The number of benzene rings is 2. The second-order valence-corrected chi connectivity index (χ2v) is 10.9. The van der Waals surface area contributed by atoms with E-state index in [2.05, 4.69) is 4.90 Å². The number of amides is 1. The predicted molar refractivity (Wildman–Crippen MR) is 122 cm³/mol. The molecule has 2 fully saturated rings. The van der Waals surface area contributed by atoms with E-state index in [9.17, 15) is 17.6 Å². The Morgan fingerprint density at radius 3 is 2.44 bits per heavy atom. The average Bonchev–Trinajstić information content (AvgIpc) is 3.35. The molecule has 168 valence electrons. The van der Waals surface area contributed by atoms with Crippen LogP contribution < -0.4 is 0 Å². The SMILES string of the molecule is O=C(c1cc2ccccc2n1Cc1ccccc1F)N1CCN(C2CCS(=O)(=O)C2)CC1. The number of aromatic nitrogens is 1. The van der Waals surface area contributed by atoms with Crippen LogP contribution >= 0.6 is 0 Å². The molecule has 0 N–H and O–H groups in total. The first kappa shape index (κ1) is 21.2. The van der Waals surface area contributed by atoms with Gasteiger partial charge in [-0.15, -0.1) is 0 Å². The van der Waals surface area contributed by atoms with Crippen LogP contribution in [0.4, 0.5) is 4.39 Å². The van der Waals surface area contributed by atoms with E-state index in [0.717, 1.165) is 10.9 Å². The Labute approximate surface area is 187 Å². The Balaban J connectivity index is 1.38. The molecule has 1 atom stereocenters. The highest BCUT2D eigenvalue weighted by molar-refractivity contribution is 7.91. The van der Waals surface area contributed by atoms with Gasteiger partial charge in [-0.25, -0.2) is 12.8 Å². The molecule has 3 heterocycles. The first-order chi connectivity index (χ1) is 15.4. The fraction of sp³-hybridized carbons (Fsp3) is 0.375. The maximum absolute atomic E-state index is 14.4. The number of carbonyl (C=O) groups excluding carboxylic acids is 1. The van der Waals surface area contributed by atoms with Gasteiger partial charge >= 0.3 is 0 Å². The minimum absolute atomic E-state index is 0.0600. The molecule has 0 aliphatic carbocycles. The van der Waals surface area contributed by atoms with Gasteiger partial charge in [-0.3, -0.25) is 9.69 Å². The molecule has 0 spiro atoms. The number of carbonyl (C=O) groups is 1. The van der Waals surface area contributed by atoms with E-state index in [1.807, 2.05) is 39.8 Å². The van der Waals surface area contributed by atoms with Crippen LogP contribution in [-0.2, 0) is 16.4 Å². The molecule has 2 saturated heterocycles. The number of fused-ring (bicyclic) bond motifs is 1. The topological polar surface area (TPSA) is 62.6 Å². The quantitative estimate of drug-likeness (QED) is 0.607. The minimum atomic E-state index is -2.93. The number of piperazine rings is 1. The standard InChI is InChI=1S/C24H26FN3O3S/c25-21-7-3-1-6-19(21)16-28-22-8-4-2-5-18(22)15-23(28)24(29)27-12-10-26(11-13-27)20-9-14-32(30,31)17-20/h1-8,15,20H,9-14,16-17H2. The highest BCUT2D eigenvalue weighted by Gasteiger charge is 2.35. The molecule has 3 aromatic rings. The van der Waals surface area contributed by atoms with Crippen molar-refractivity contribution in [2.24, 2.45) is 0 Å². The molecule has 5 rings (SSSR count). The Morgan fingerprint density at radius 1 is 1.00 bits per heavy atom. The van der Waals surface area contributed by atoms with Crippen LogP contribution in [0.2, 0.25) is 0 Å². The van der Waals surface area contributed by atoms with Crippen LogP contribution in [-0.4, -0.2) is 72.4 Å². The van der Waals surface area contributed by atoms with Gasteiger partial charge in [0.05, 0.1) is 18.1 Å². The summed E-state index contributed by atoms with van der Waals surface area (Å²) in [5.41, 5.74) is 1.98. The Morgan fingerprint density at radius 2 is 1.72 bits per heavy atom. The smallest absolute Gasteiger partial charge is 0.270 e. The van der Waals surface area contributed by atoms with Crippen molar-refractivity contribution in [1.29, 1.82) is 0 Å². The molecule has 6 nitrogen and oxygen atoms in total. The fourth-order valence-electron chi connectivity index (χ4n) is 4.87. The van der Waals surface area contributed by atoms with Gasteiger partial charge in [-0.05, 0) is 24.6 Å². The second kappa shape index (κ2) is 8.33. The van der Waals surface area contributed by atoms with Crippen molar-refractivity contribution in [3.8, 4) is 0 Å². The molecule has 8 heteroatoms. The zero-order valence-corrected chi connectivity index (χ0v) is 18.6. The molecule has 2 aromatic carbocycles. The Bertz CT molecular complexity index is 1260.